The van der Waals surface area contributed by atoms with Crippen LogP contribution in [0, 0.1) is 0 Å². The van der Waals surface area contributed by atoms with E-state index in [1.165, 1.54) is 0 Å². The van der Waals surface area contributed by atoms with E-state index < -0.39 is 6.04 Å². The van der Waals surface area contributed by atoms with Crippen LogP contribution < -0.4 is 19.5 Å². The number of carbonyl (C=O) groups excluding carboxylic acids is 2. The fourth-order valence-electron chi connectivity index (χ4n) is 5.23. The number of rotatable bonds is 10. The molecule has 224 valence electrons. The highest BCUT2D eigenvalue weighted by Gasteiger charge is 2.33. The van der Waals surface area contributed by atoms with E-state index in [0.29, 0.717) is 39.9 Å². The van der Waals surface area contributed by atoms with Crippen LogP contribution in [0.2, 0.25) is 0 Å². The standard InChI is InChI=1S/C34H33N5O5/c1-22(2)24-10-12-25(13-11-24)33(34(41)35-26-14-17-30-31(18-26)44-21-43-30)38(19-23-8-15-27(42-3)16-9-23)32(40)20-39-29-7-5-4-6-28(29)36-37-39/h4-18,22,33H,19-21H2,1-3H3,(H,35,41). The zero-order valence-electron chi connectivity index (χ0n) is 24.8. The number of anilines is 1. The van der Waals surface area contributed by atoms with Gasteiger partial charge in [0.2, 0.25) is 12.7 Å². The normalized spacial score (nSPS) is 12.7. The lowest BCUT2D eigenvalue weighted by Crippen LogP contribution is -2.42. The first kappa shape index (κ1) is 28.7. The van der Waals surface area contributed by atoms with E-state index in [2.05, 4.69) is 29.5 Å². The number of nitrogens with zero attached hydrogens (tertiary/aromatic N) is 4. The molecule has 0 spiro atoms. The predicted octanol–water partition coefficient (Wildman–Crippen LogP) is 5.70. The molecule has 10 heteroatoms. The second-order valence-corrected chi connectivity index (χ2v) is 10.9. The van der Waals surface area contributed by atoms with Gasteiger partial charge >= 0.3 is 0 Å². The highest BCUT2D eigenvalue weighted by atomic mass is 16.7. The van der Waals surface area contributed by atoms with Crippen LogP contribution in [-0.2, 0) is 22.7 Å². The second kappa shape index (κ2) is 12.5. The molecule has 1 aliphatic heterocycles. The molecule has 5 aromatic rings. The average Bonchev–Trinajstić information content (AvgIpc) is 3.68. The summed E-state index contributed by atoms with van der Waals surface area (Å²) in [6.45, 7) is 4.41. The molecule has 1 N–H and O–H groups in total. The van der Waals surface area contributed by atoms with E-state index in [1.807, 2.05) is 72.8 Å². The number of ether oxygens (including phenoxy) is 3. The lowest BCUT2D eigenvalue weighted by atomic mass is 9.97. The van der Waals surface area contributed by atoms with Gasteiger partial charge in [-0.3, -0.25) is 9.59 Å². The number of nitrogens with one attached hydrogen (secondary N) is 1. The summed E-state index contributed by atoms with van der Waals surface area (Å²) in [5.41, 5.74) is 4.59. The van der Waals surface area contributed by atoms with Crippen molar-refractivity contribution >= 4 is 28.5 Å². The molecule has 4 aromatic carbocycles. The molecule has 2 amide bonds. The van der Waals surface area contributed by atoms with Gasteiger partial charge in [-0.2, -0.15) is 0 Å². The van der Waals surface area contributed by atoms with E-state index in [0.717, 1.165) is 16.6 Å². The third kappa shape index (κ3) is 6.05. The summed E-state index contributed by atoms with van der Waals surface area (Å²) >= 11 is 0. The van der Waals surface area contributed by atoms with E-state index in [9.17, 15) is 9.59 Å². The molecule has 10 nitrogen and oxygen atoms in total. The Balaban J connectivity index is 1.39. The molecule has 0 saturated heterocycles. The van der Waals surface area contributed by atoms with Crippen LogP contribution in [0.25, 0.3) is 11.0 Å². The molecular weight excluding hydrogens is 558 g/mol. The topological polar surface area (TPSA) is 108 Å². The number of methoxy groups -OCH3 is 1. The smallest absolute Gasteiger partial charge is 0.251 e. The molecule has 44 heavy (non-hydrogen) atoms. The molecule has 2 heterocycles. The SMILES string of the molecule is COc1ccc(CN(C(=O)Cn2nnc3ccccc32)C(C(=O)Nc2ccc3c(c2)OCO3)c2ccc(C(C)C)cc2)cc1. The van der Waals surface area contributed by atoms with Gasteiger partial charge in [-0.05, 0) is 59.0 Å². The Kier molecular flexibility index (Phi) is 8.14. The van der Waals surface area contributed by atoms with Crippen molar-refractivity contribution in [3.05, 3.63) is 108 Å². The number of para-hydroxylation sites is 1. The van der Waals surface area contributed by atoms with Crippen molar-refractivity contribution in [2.24, 2.45) is 0 Å². The lowest BCUT2D eigenvalue weighted by Gasteiger charge is -2.32. The highest BCUT2D eigenvalue weighted by molar-refractivity contribution is 5.98. The minimum atomic E-state index is -0.967. The Morgan fingerprint density at radius 2 is 1.66 bits per heavy atom. The number of aromatic nitrogens is 3. The quantitative estimate of drug-likeness (QED) is 0.222. The van der Waals surface area contributed by atoms with Gasteiger partial charge in [0.05, 0.1) is 12.6 Å². The molecule has 0 radical (unpaired) electrons. The number of carbonyl (C=O) groups is 2. The van der Waals surface area contributed by atoms with Crippen LogP contribution in [0.15, 0.2) is 91.0 Å². The van der Waals surface area contributed by atoms with Gasteiger partial charge < -0.3 is 24.4 Å². The van der Waals surface area contributed by atoms with Crippen molar-refractivity contribution < 1.29 is 23.8 Å². The molecule has 0 saturated carbocycles. The number of amides is 2. The van der Waals surface area contributed by atoms with Gasteiger partial charge in [0.1, 0.15) is 23.9 Å². The molecule has 1 aromatic heterocycles. The fraction of sp³-hybridized carbons (Fsp3) is 0.235. The number of fused-ring (bicyclic) bond motifs is 2. The first-order valence-corrected chi connectivity index (χ1v) is 14.4. The first-order chi connectivity index (χ1) is 21.4. The first-order valence-electron chi connectivity index (χ1n) is 14.4. The van der Waals surface area contributed by atoms with Gasteiger partial charge in [0.15, 0.2) is 11.5 Å². The predicted molar refractivity (Wildman–Crippen MR) is 166 cm³/mol. The Hall–Kier alpha value is -5.38. The van der Waals surface area contributed by atoms with Crippen LogP contribution in [0.3, 0.4) is 0 Å². The largest absolute Gasteiger partial charge is 0.497 e. The summed E-state index contributed by atoms with van der Waals surface area (Å²) in [5.74, 6) is 1.50. The van der Waals surface area contributed by atoms with Gasteiger partial charge in [0.25, 0.3) is 5.91 Å². The van der Waals surface area contributed by atoms with Crippen LogP contribution in [-0.4, -0.2) is 45.6 Å². The van der Waals surface area contributed by atoms with Crippen molar-refractivity contribution in [2.45, 2.75) is 38.9 Å². The maximum absolute atomic E-state index is 14.3. The average molecular weight is 592 g/mol. The molecule has 1 unspecified atom stereocenters. The summed E-state index contributed by atoms with van der Waals surface area (Å²) in [6.07, 6.45) is 0. The summed E-state index contributed by atoms with van der Waals surface area (Å²) in [7, 11) is 1.60. The summed E-state index contributed by atoms with van der Waals surface area (Å²) in [6, 6.07) is 27.0. The maximum Gasteiger partial charge on any atom is 0.251 e. The van der Waals surface area contributed by atoms with Crippen LogP contribution in [0.4, 0.5) is 5.69 Å². The van der Waals surface area contributed by atoms with E-state index in [1.54, 1.807) is 34.9 Å². The summed E-state index contributed by atoms with van der Waals surface area (Å²) < 4.78 is 17.8. The summed E-state index contributed by atoms with van der Waals surface area (Å²) in [5, 5.41) is 11.5. The van der Waals surface area contributed by atoms with Gasteiger partial charge in [-0.1, -0.05) is 67.6 Å². The van der Waals surface area contributed by atoms with Crippen molar-refractivity contribution in [3.63, 3.8) is 0 Å². The molecule has 0 aliphatic carbocycles. The van der Waals surface area contributed by atoms with E-state index in [4.69, 9.17) is 14.2 Å². The zero-order valence-corrected chi connectivity index (χ0v) is 24.8. The monoisotopic (exact) mass is 591 g/mol. The third-order valence-corrected chi connectivity index (χ3v) is 7.66. The fourth-order valence-corrected chi connectivity index (χ4v) is 5.23. The Bertz CT molecular complexity index is 1780. The van der Waals surface area contributed by atoms with Gasteiger partial charge in [-0.15, -0.1) is 5.10 Å². The Morgan fingerprint density at radius 3 is 2.41 bits per heavy atom. The number of benzene rings is 4. The number of hydrogen-bond donors (Lipinski definition) is 1. The number of hydrogen-bond acceptors (Lipinski definition) is 7. The maximum atomic E-state index is 14.3. The van der Waals surface area contributed by atoms with E-state index in [-0.39, 0.29) is 31.7 Å². The molecule has 1 atom stereocenters. The van der Waals surface area contributed by atoms with Crippen molar-refractivity contribution in [3.8, 4) is 17.2 Å². The van der Waals surface area contributed by atoms with Crippen molar-refractivity contribution in [1.82, 2.24) is 19.9 Å². The lowest BCUT2D eigenvalue weighted by molar-refractivity contribution is -0.140. The van der Waals surface area contributed by atoms with Gasteiger partial charge in [0, 0.05) is 18.3 Å². The summed E-state index contributed by atoms with van der Waals surface area (Å²) in [4.78, 5) is 30.1. The Morgan fingerprint density at radius 1 is 0.932 bits per heavy atom. The minimum absolute atomic E-state index is 0.103. The van der Waals surface area contributed by atoms with Crippen LogP contribution >= 0.6 is 0 Å². The van der Waals surface area contributed by atoms with Crippen molar-refractivity contribution in [2.75, 3.05) is 19.2 Å². The molecule has 0 fully saturated rings. The molecule has 0 bridgehead atoms. The van der Waals surface area contributed by atoms with Crippen LogP contribution in [0.5, 0.6) is 17.2 Å². The van der Waals surface area contributed by atoms with Crippen molar-refractivity contribution in [1.29, 1.82) is 0 Å². The molecule has 1 aliphatic rings. The van der Waals surface area contributed by atoms with Crippen LogP contribution in [0.1, 0.15) is 42.5 Å². The van der Waals surface area contributed by atoms with E-state index >= 15 is 0 Å². The zero-order chi connectivity index (χ0) is 30.6. The third-order valence-electron chi connectivity index (χ3n) is 7.66. The second-order valence-electron chi connectivity index (χ2n) is 10.9. The van der Waals surface area contributed by atoms with Gasteiger partial charge in [-0.25, -0.2) is 4.68 Å². The minimum Gasteiger partial charge on any atom is -0.497 e. The Labute approximate surface area is 255 Å². The molecular formula is C34H33N5O5. The molecule has 6 rings (SSSR count). The highest BCUT2D eigenvalue weighted by Crippen LogP contribution is 2.35.